The fraction of sp³-hybridized carbons (Fsp3) is 0.308. The quantitative estimate of drug-likeness (QED) is 0.847. The number of halogens is 2. The summed E-state index contributed by atoms with van der Waals surface area (Å²) < 4.78 is 0. The molecule has 1 aromatic carbocycles. The Bertz CT molecular complexity index is 439. The van der Waals surface area contributed by atoms with Crippen molar-refractivity contribution in [2.75, 3.05) is 0 Å². The van der Waals surface area contributed by atoms with Gasteiger partial charge >= 0.3 is 5.97 Å². The zero-order valence-electron chi connectivity index (χ0n) is 9.54. The predicted octanol–water partition coefficient (Wildman–Crippen LogP) is 4.65. The number of carbonyl (C=O) groups is 1. The van der Waals surface area contributed by atoms with E-state index in [9.17, 15) is 4.79 Å². The van der Waals surface area contributed by atoms with Crippen LogP contribution in [-0.2, 0) is 4.79 Å². The highest BCUT2D eigenvalue weighted by molar-refractivity contribution is 6.35. The number of benzene rings is 1. The molecule has 0 aromatic heterocycles. The van der Waals surface area contributed by atoms with Gasteiger partial charge in [0.25, 0.3) is 0 Å². The highest BCUT2D eigenvalue weighted by atomic mass is 35.5. The number of carboxylic acid groups (broad SMARTS) is 1. The Kier molecular flexibility index (Phi) is 5.52. The maximum atomic E-state index is 10.6. The van der Waals surface area contributed by atoms with Crippen molar-refractivity contribution in [1.29, 1.82) is 0 Å². The van der Waals surface area contributed by atoms with Crippen molar-refractivity contribution in [3.05, 3.63) is 39.9 Å². The van der Waals surface area contributed by atoms with E-state index in [0.29, 0.717) is 10.0 Å². The zero-order chi connectivity index (χ0) is 12.8. The molecule has 17 heavy (non-hydrogen) atoms. The topological polar surface area (TPSA) is 37.3 Å². The van der Waals surface area contributed by atoms with E-state index < -0.39 is 5.97 Å². The third kappa shape index (κ3) is 4.41. The van der Waals surface area contributed by atoms with E-state index in [1.54, 1.807) is 18.2 Å². The smallest absolute Gasteiger partial charge is 0.307 e. The molecule has 0 bridgehead atoms. The second kappa shape index (κ2) is 6.67. The van der Waals surface area contributed by atoms with Crippen LogP contribution in [0.15, 0.2) is 24.3 Å². The standard InChI is InChI=1S/C13H14Cl2O2/c1-2-3-9(4-7-13(16)17)11-6-5-10(14)8-12(11)15/h4-6,8H,2-3,7H2,1H3,(H,16,17)/b9-4+. The first kappa shape index (κ1) is 14.1. The molecule has 2 nitrogen and oxygen atoms in total. The van der Waals surface area contributed by atoms with Gasteiger partial charge in [-0.25, -0.2) is 0 Å². The first-order valence-corrected chi connectivity index (χ1v) is 6.16. The van der Waals surface area contributed by atoms with Crippen molar-refractivity contribution in [3.63, 3.8) is 0 Å². The first-order chi connectivity index (χ1) is 8.04. The fourth-order valence-electron chi connectivity index (χ4n) is 1.58. The van der Waals surface area contributed by atoms with Gasteiger partial charge in [0, 0.05) is 10.0 Å². The summed E-state index contributed by atoms with van der Waals surface area (Å²) >= 11 is 11.9. The molecule has 92 valence electrons. The number of aliphatic carboxylic acids is 1. The number of rotatable bonds is 5. The third-order valence-electron chi connectivity index (χ3n) is 2.32. The van der Waals surface area contributed by atoms with E-state index in [0.717, 1.165) is 24.0 Å². The Hall–Kier alpha value is -0.990. The van der Waals surface area contributed by atoms with Crippen LogP contribution in [0.2, 0.25) is 10.0 Å². The molecule has 0 amide bonds. The highest BCUT2D eigenvalue weighted by Gasteiger charge is 2.07. The van der Waals surface area contributed by atoms with Crippen molar-refractivity contribution < 1.29 is 9.90 Å². The average Bonchev–Trinajstić information content (AvgIpc) is 2.24. The molecule has 0 saturated heterocycles. The maximum Gasteiger partial charge on any atom is 0.307 e. The molecular weight excluding hydrogens is 259 g/mol. The molecular formula is C13H14Cl2O2. The minimum atomic E-state index is -0.844. The van der Waals surface area contributed by atoms with Gasteiger partial charge in [0.1, 0.15) is 0 Å². The summed E-state index contributed by atoms with van der Waals surface area (Å²) in [6.07, 6.45) is 3.45. The Labute approximate surface area is 111 Å². The van der Waals surface area contributed by atoms with Crippen LogP contribution in [0.3, 0.4) is 0 Å². The molecule has 0 unspecified atom stereocenters. The van der Waals surface area contributed by atoms with Gasteiger partial charge < -0.3 is 5.11 Å². The lowest BCUT2D eigenvalue weighted by Gasteiger charge is -2.09. The van der Waals surface area contributed by atoms with Crippen LogP contribution in [0.1, 0.15) is 31.7 Å². The highest BCUT2D eigenvalue weighted by Crippen LogP contribution is 2.29. The number of hydrogen-bond acceptors (Lipinski definition) is 1. The first-order valence-electron chi connectivity index (χ1n) is 5.40. The van der Waals surface area contributed by atoms with Crippen LogP contribution in [-0.4, -0.2) is 11.1 Å². The molecule has 1 N–H and O–H groups in total. The summed E-state index contributed by atoms with van der Waals surface area (Å²) in [5, 5.41) is 9.83. The van der Waals surface area contributed by atoms with E-state index in [1.165, 1.54) is 0 Å². The van der Waals surface area contributed by atoms with E-state index in [4.69, 9.17) is 28.3 Å². The summed E-state index contributed by atoms with van der Waals surface area (Å²) in [5.74, 6) is -0.844. The summed E-state index contributed by atoms with van der Waals surface area (Å²) in [5.41, 5.74) is 1.82. The van der Waals surface area contributed by atoms with Gasteiger partial charge in [0.2, 0.25) is 0 Å². The van der Waals surface area contributed by atoms with Gasteiger partial charge in [0.05, 0.1) is 6.42 Å². The molecule has 0 aliphatic rings. The molecule has 0 saturated carbocycles. The molecule has 0 heterocycles. The van der Waals surface area contributed by atoms with Gasteiger partial charge in [-0.3, -0.25) is 4.79 Å². The van der Waals surface area contributed by atoms with Gasteiger partial charge in [-0.05, 0) is 29.7 Å². The third-order valence-corrected chi connectivity index (χ3v) is 2.87. The number of hydrogen-bond donors (Lipinski definition) is 1. The van der Waals surface area contributed by atoms with Crippen molar-refractivity contribution >= 4 is 34.7 Å². The molecule has 4 heteroatoms. The van der Waals surface area contributed by atoms with Crippen LogP contribution in [0.4, 0.5) is 0 Å². The monoisotopic (exact) mass is 272 g/mol. The Morgan fingerprint density at radius 3 is 2.65 bits per heavy atom. The van der Waals surface area contributed by atoms with Crippen molar-refractivity contribution in [3.8, 4) is 0 Å². The molecule has 0 atom stereocenters. The number of carboxylic acids is 1. The Morgan fingerprint density at radius 2 is 2.12 bits per heavy atom. The molecule has 0 radical (unpaired) electrons. The SMILES string of the molecule is CCC/C(=C\CC(=O)O)c1ccc(Cl)cc1Cl. The van der Waals surface area contributed by atoms with Gasteiger partial charge in [-0.2, -0.15) is 0 Å². The lowest BCUT2D eigenvalue weighted by atomic mass is 10.0. The second-order valence-corrected chi connectivity index (χ2v) is 4.55. The predicted molar refractivity (Wildman–Crippen MR) is 71.6 cm³/mol. The lowest BCUT2D eigenvalue weighted by Crippen LogP contribution is -1.93. The molecule has 0 aliphatic carbocycles. The van der Waals surface area contributed by atoms with E-state index in [2.05, 4.69) is 0 Å². The van der Waals surface area contributed by atoms with Crippen LogP contribution < -0.4 is 0 Å². The van der Waals surface area contributed by atoms with Crippen LogP contribution in [0, 0.1) is 0 Å². The lowest BCUT2D eigenvalue weighted by molar-refractivity contribution is -0.135. The maximum absolute atomic E-state index is 10.6. The summed E-state index contributed by atoms with van der Waals surface area (Å²) in [6, 6.07) is 5.25. The second-order valence-electron chi connectivity index (χ2n) is 3.70. The van der Waals surface area contributed by atoms with Crippen LogP contribution >= 0.6 is 23.2 Å². The van der Waals surface area contributed by atoms with Crippen LogP contribution in [0.5, 0.6) is 0 Å². The van der Waals surface area contributed by atoms with Gasteiger partial charge in [-0.1, -0.05) is 48.7 Å². The largest absolute Gasteiger partial charge is 0.481 e. The summed E-state index contributed by atoms with van der Waals surface area (Å²) in [7, 11) is 0. The summed E-state index contributed by atoms with van der Waals surface area (Å²) in [4.78, 5) is 10.6. The van der Waals surface area contributed by atoms with Gasteiger partial charge in [0.15, 0.2) is 0 Å². The van der Waals surface area contributed by atoms with E-state index in [-0.39, 0.29) is 6.42 Å². The molecule has 1 rings (SSSR count). The normalized spacial score (nSPS) is 11.6. The van der Waals surface area contributed by atoms with Crippen molar-refractivity contribution in [2.24, 2.45) is 0 Å². The fourth-order valence-corrected chi connectivity index (χ4v) is 2.11. The van der Waals surface area contributed by atoms with E-state index >= 15 is 0 Å². The van der Waals surface area contributed by atoms with Crippen molar-refractivity contribution in [1.82, 2.24) is 0 Å². The minimum absolute atomic E-state index is 0.00822. The average molecular weight is 273 g/mol. The van der Waals surface area contributed by atoms with E-state index in [1.807, 2.05) is 13.0 Å². The minimum Gasteiger partial charge on any atom is -0.481 e. The number of allylic oxidation sites excluding steroid dienone is 1. The molecule has 1 aromatic rings. The molecule has 0 spiro atoms. The summed E-state index contributed by atoms with van der Waals surface area (Å²) in [6.45, 7) is 2.04. The Morgan fingerprint density at radius 1 is 1.41 bits per heavy atom. The molecule has 0 fully saturated rings. The molecule has 0 aliphatic heterocycles. The van der Waals surface area contributed by atoms with Crippen molar-refractivity contribution in [2.45, 2.75) is 26.2 Å². The van der Waals surface area contributed by atoms with Crippen LogP contribution in [0.25, 0.3) is 5.57 Å². The Balaban J connectivity index is 3.04. The zero-order valence-corrected chi connectivity index (χ0v) is 11.1. The van der Waals surface area contributed by atoms with Gasteiger partial charge in [-0.15, -0.1) is 0 Å².